The first-order valence-corrected chi connectivity index (χ1v) is 9.47. The maximum absolute atomic E-state index is 12.5. The molecule has 0 saturated carbocycles. The van der Waals surface area contributed by atoms with Crippen molar-refractivity contribution in [3.63, 3.8) is 0 Å². The van der Waals surface area contributed by atoms with Gasteiger partial charge in [-0.25, -0.2) is 0 Å². The SMILES string of the molecule is CCC(CNC(=O)c1ccc(SC)c([N+](=O)[O-])c1)(C(=O)O)c1ccccc1. The van der Waals surface area contributed by atoms with Crippen molar-refractivity contribution in [3.05, 3.63) is 69.8 Å². The van der Waals surface area contributed by atoms with E-state index in [-0.39, 0.29) is 24.2 Å². The molecule has 2 aromatic rings. The second-order valence-electron chi connectivity index (χ2n) is 5.93. The minimum atomic E-state index is -1.28. The van der Waals surface area contributed by atoms with Crippen molar-refractivity contribution in [2.24, 2.45) is 0 Å². The number of aliphatic carboxylic acids is 1. The molecule has 2 aromatic carbocycles. The minimum Gasteiger partial charge on any atom is -0.481 e. The largest absolute Gasteiger partial charge is 0.481 e. The Balaban J connectivity index is 2.28. The van der Waals surface area contributed by atoms with Crippen LogP contribution in [-0.2, 0) is 10.2 Å². The molecule has 0 saturated heterocycles. The molecular weight excluding hydrogens is 368 g/mol. The number of nitro benzene ring substituents is 1. The number of hydrogen-bond acceptors (Lipinski definition) is 5. The highest BCUT2D eigenvalue weighted by Crippen LogP contribution is 2.30. The summed E-state index contributed by atoms with van der Waals surface area (Å²) in [6.45, 7) is 1.62. The molecule has 0 radical (unpaired) electrons. The van der Waals surface area contributed by atoms with Crippen LogP contribution < -0.4 is 5.32 Å². The molecule has 0 fully saturated rings. The highest BCUT2D eigenvalue weighted by molar-refractivity contribution is 7.98. The number of hydrogen-bond donors (Lipinski definition) is 2. The van der Waals surface area contributed by atoms with Gasteiger partial charge in [-0.15, -0.1) is 11.8 Å². The van der Waals surface area contributed by atoms with Gasteiger partial charge < -0.3 is 10.4 Å². The van der Waals surface area contributed by atoms with Gasteiger partial charge in [-0.3, -0.25) is 19.7 Å². The number of rotatable bonds is 8. The van der Waals surface area contributed by atoms with Crippen molar-refractivity contribution >= 4 is 29.3 Å². The zero-order valence-electron chi connectivity index (χ0n) is 15.0. The maximum atomic E-state index is 12.5. The van der Waals surface area contributed by atoms with E-state index in [2.05, 4.69) is 5.32 Å². The predicted molar refractivity (Wildman–Crippen MR) is 103 cm³/mol. The molecule has 2 N–H and O–H groups in total. The average Bonchev–Trinajstić information content (AvgIpc) is 2.68. The second kappa shape index (κ2) is 8.68. The van der Waals surface area contributed by atoms with Gasteiger partial charge in [0.15, 0.2) is 0 Å². The average molecular weight is 388 g/mol. The maximum Gasteiger partial charge on any atom is 0.315 e. The third-order valence-corrected chi connectivity index (χ3v) is 5.31. The molecule has 1 amide bonds. The molecule has 0 bridgehead atoms. The van der Waals surface area contributed by atoms with Gasteiger partial charge in [0.1, 0.15) is 5.41 Å². The molecule has 1 unspecified atom stereocenters. The van der Waals surface area contributed by atoms with Crippen molar-refractivity contribution in [1.29, 1.82) is 0 Å². The fourth-order valence-corrected chi connectivity index (χ4v) is 3.39. The number of carbonyl (C=O) groups is 2. The Labute approximate surface area is 160 Å². The lowest BCUT2D eigenvalue weighted by molar-refractivity contribution is -0.387. The number of carboxylic acid groups (broad SMARTS) is 1. The summed E-state index contributed by atoms with van der Waals surface area (Å²) in [6, 6.07) is 12.9. The molecular formula is C19H20N2O5S. The fraction of sp³-hybridized carbons (Fsp3) is 0.263. The number of amides is 1. The van der Waals surface area contributed by atoms with Crippen molar-refractivity contribution < 1.29 is 19.6 Å². The Hall–Kier alpha value is -2.87. The van der Waals surface area contributed by atoms with Crippen molar-refractivity contribution in [2.45, 2.75) is 23.7 Å². The molecule has 0 aliphatic rings. The molecule has 2 rings (SSSR count). The number of carboxylic acids is 1. The number of thioether (sulfide) groups is 1. The number of nitrogens with one attached hydrogen (secondary N) is 1. The molecule has 142 valence electrons. The van der Waals surface area contributed by atoms with Gasteiger partial charge in [0, 0.05) is 18.2 Å². The van der Waals surface area contributed by atoms with Gasteiger partial charge >= 0.3 is 5.97 Å². The van der Waals surface area contributed by atoms with Crippen molar-refractivity contribution in [2.75, 3.05) is 12.8 Å². The first kappa shape index (κ1) is 20.4. The summed E-state index contributed by atoms with van der Waals surface area (Å²) < 4.78 is 0. The number of nitrogens with zero attached hydrogens (tertiary/aromatic N) is 1. The van der Waals surface area contributed by atoms with E-state index in [9.17, 15) is 24.8 Å². The number of benzene rings is 2. The van der Waals surface area contributed by atoms with Crippen LogP contribution in [0.2, 0.25) is 0 Å². The van der Waals surface area contributed by atoms with E-state index in [0.29, 0.717) is 10.5 Å². The highest BCUT2D eigenvalue weighted by atomic mass is 32.2. The van der Waals surface area contributed by atoms with Crippen LogP contribution in [-0.4, -0.2) is 34.7 Å². The molecule has 0 aliphatic carbocycles. The van der Waals surface area contributed by atoms with E-state index >= 15 is 0 Å². The summed E-state index contributed by atoms with van der Waals surface area (Å²) in [4.78, 5) is 35.6. The smallest absolute Gasteiger partial charge is 0.315 e. The van der Waals surface area contributed by atoms with Crippen molar-refractivity contribution in [1.82, 2.24) is 5.32 Å². The Morgan fingerprint density at radius 2 is 1.89 bits per heavy atom. The van der Waals surface area contributed by atoms with Crippen LogP contribution >= 0.6 is 11.8 Å². The van der Waals surface area contributed by atoms with Gasteiger partial charge in [-0.1, -0.05) is 37.3 Å². The predicted octanol–water partition coefficient (Wildman–Crippen LogP) is 3.48. The fourth-order valence-electron chi connectivity index (χ4n) is 2.85. The summed E-state index contributed by atoms with van der Waals surface area (Å²) in [5.74, 6) is -1.60. The zero-order valence-corrected chi connectivity index (χ0v) is 15.8. The lowest BCUT2D eigenvalue weighted by Crippen LogP contribution is -2.46. The first-order chi connectivity index (χ1) is 12.9. The summed E-state index contributed by atoms with van der Waals surface area (Å²) in [5.41, 5.74) is -0.729. The van der Waals surface area contributed by atoms with Crippen LogP contribution in [0.5, 0.6) is 0 Å². The summed E-state index contributed by atoms with van der Waals surface area (Å²) in [5, 5.41) is 23.6. The van der Waals surface area contributed by atoms with Crippen LogP contribution in [0.25, 0.3) is 0 Å². The Bertz CT molecular complexity index is 856. The third kappa shape index (κ3) is 4.28. The minimum absolute atomic E-state index is 0.114. The van der Waals surface area contributed by atoms with E-state index < -0.39 is 22.2 Å². The normalized spacial score (nSPS) is 12.8. The Morgan fingerprint density at radius 3 is 2.41 bits per heavy atom. The van der Waals surface area contributed by atoms with E-state index in [4.69, 9.17) is 0 Å². The lowest BCUT2D eigenvalue weighted by atomic mass is 9.78. The number of carbonyl (C=O) groups excluding carboxylic acids is 1. The van der Waals surface area contributed by atoms with Crippen LogP contribution in [0, 0.1) is 10.1 Å². The molecule has 0 heterocycles. The summed E-state index contributed by atoms with van der Waals surface area (Å²) >= 11 is 1.22. The lowest BCUT2D eigenvalue weighted by Gasteiger charge is -2.29. The first-order valence-electron chi connectivity index (χ1n) is 8.25. The molecule has 27 heavy (non-hydrogen) atoms. The molecule has 1 atom stereocenters. The van der Waals surface area contributed by atoms with Gasteiger partial charge in [-0.2, -0.15) is 0 Å². The molecule has 8 heteroatoms. The van der Waals surface area contributed by atoms with Gasteiger partial charge in [-0.05, 0) is 30.4 Å². The summed E-state index contributed by atoms with van der Waals surface area (Å²) in [7, 11) is 0. The van der Waals surface area contributed by atoms with Crippen LogP contribution in [0.1, 0.15) is 29.3 Å². The van der Waals surface area contributed by atoms with E-state index in [1.807, 2.05) is 0 Å². The Kier molecular flexibility index (Phi) is 6.57. The molecule has 0 spiro atoms. The van der Waals surface area contributed by atoms with Gasteiger partial charge in [0.2, 0.25) is 0 Å². The summed E-state index contributed by atoms with van der Waals surface area (Å²) in [6.07, 6.45) is 1.99. The van der Waals surface area contributed by atoms with E-state index in [1.165, 1.54) is 30.0 Å². The molecule has 7 nitrogen and oxygen atoms in total. The Morgan fingerprint density at radius 1 is 1.22 bits per heavy atom. The third-order valence-electron chi connectivity index (χ3n) is 4.53. The molecule has 0 aromatic heterocycles. The monoisotopic (exact) mass is 388 g/mol. The molecule has 0 aliphatic heterocycles. The van der Waals surface area contributed by atoms with Crippen LogP contribution in [0.3, 0.4) is 0 Å². The van der Waals surface area contributed by atoms with Crippen molar-refractivity contribution in [3.8, 4) is 0 Å². The highest BCUT2D eigenvalue weighted by Gasteiger charge is 2.39. The van der Waals surface area contributed by atoms with E-state index in [1.54, 1.807) is 43.5 Å². The number of nitro groups is 1. The van der Waals surface area contributed by atoms with Crippen LogP contribution in [0.4, 0.5) is 5.69 Å². The quantitative estimate of drug-likeness (QED) is 0.407. The zero-order chi connectivity index (χ0) is 20.0. The standard InChI is InChI=1S/C19H20N2O5S/c1-3-19(18(23)24,14-7-5-4-6-8-14)12-20-17(22)13-9-10-16(27-2)15(11-13)21(25)26/h4-11H,3,12H2,1-2H3,(H,20,22)(H,23,24). The van der Waals surface area contributed by atoms with Gasteiger partial charge in [0.25, 0.3) is 11.6 Å². The van der Waals surface area contributed by atoms with Gasteiger partial charge in [0.05, 0.1) is 9.82 Å². The topological polar surface area (TPSA) is 110 Å². The van der Waals surface area contributed by atoms with Crippen LogP contribution in [0.15, 0.2) is 53.4 Å². The second-order valence-corrected chi connectivity index (χ2v) is 6.78. The van der Waals surface area contributed by atoms with E-state index in [0.717, 1.165) is 0 Å².